The number of benzene rings is 2. The van der Waals surface area contributed by atoms with E-state index in [1.165, 1.54) is 51.3 Å². The molecule has 224 valence electrons. The van der Waals surface area contributed by atoms with E-state index in [4.69, 9.17) is 9.47 Å². The number of carbonyl (C=O) groups excluding carboxylic acids is 1. The molecule has 2 saturated carbocycles. The second-order valence-corrected chi connectivity index (χ2v) is 12.8. The van der Waals surface area contributed by atoms with Crippen molar-refractivity contribution in [2.45, 2.75) is 80.9 Å². The molecule has 2 unspecified atom stereocenters. The number of esters is 1. The van der Waals surface area contributed by atoms with Crippen LogP contribution in [0.2, 0.25) is 0 Å². The first-order chi connectivity index (χ1) is 19.8. The van der Waals surface area contributed by atoms with E-state index >= 15 is 0 Å². The van der Waals surface area contributed by atoms with E-state index in [9.17, 15) is 18.0 Å². The fraction of sp³-hybridized carbons (Fsp3) is 0.594. The first kappa shape index (κ1) is 30.2. The van der Waals surface area contributed by atoms with Gasteiger partial charge >= 0.3 is 12.1 Å². The second-order valence-electron chi connectivity index (χ2n) is 11.7. The Hall–Kier alpha value is -2.23. The maximum atomic E-state index is 13.2. The molecule has 2 aromatic carbocycles. The summed E-state index contributed by atoms with van der Waals surface area (Å²) in [5, 5.41) is 0. The molecule has 1 heterocycles. The van der Waals surface area contributed by atoms with Gasteiger partial charge in [0.1, 0.15) is 11.8 Å². The Labute approximate surface area is 245 Å². The summed E-state index contributed by atoms with van der Waals surface area (Å²) >= 11 is 1.54. The zero-order valence-electron chi connectivity index (χ0n) is 23.8. The van der Waals surface area contributed by atoms with Crippen molar-refractivity contribution in [1.29, 1.82) is 0 Å². The molecule has 0 radical (unpaired) electrons. The number of piperazine rings is 1. The summed E-state index contributed by atoms with van der Waals surface area (Å²) in [7, 11) is 1.41. The molecule has 3 fully saturated rings. The number of methoxy groups -OCH3 is 1. The van der Waals surface area contributed by atoms with Gasteiger partial charge in [-0.3, -0.25) is 9.69 Å². The zero-order valence-corrected chi connectivity index (χ0v) is 24.6. The highest BCUT2D eigenvalue weighted by molar-refractivity contribution is 7.97. The lowest BCUT2D eigenvalue weighted by atomic mass is 9.89. The summed E-state index contributed by atoms with van der Waals surface area (Å²) < 4.78 is 53.1. The smallest absolute Gasteiger partial charge is 0.416 e. The van der Waals surface area contributed by atoms with Crippen LogP contribution in [0.3, 0.4) is 0 Å². The van der Waals surface area contributed by atoms with Crippen molar-refractivity contribution in [3.8, 4) is 5.75 Å². The van der Waals surface area contributed by atoms with Crippen LogP contribution < -0.4 is 4.74 Å². The molecule has 2 atom stereocenters. The van der Waals surface area contributed by atoms with Gasteiger partial charge in [-0.2, -0.15) is 13.2 Å². The lowest BCUT2D eigenvalue weighted by Gasteiger charge is -2.44. The van der Waals surface area contributed by atoms with Crippen LogP contribution >= 0.6 is 11.9 Å². The molecular weight excluding hydrogens is 549 g/mol. The second kappa shape index (κ2) is 13.8. The highest BCUT2D eigenvalue weighted by atomic mass is 32.2. The normalized spacial score (nSPS) is 22.5. The summed E-state index contributed by atoms with van der Waals surface area (Å²) in [6.45, 7) is 2.57. The molecule has 41 heavy (non-hydrogen) atoms. The van der Waals surface area contributed by atoms with Crippen molar-refractivity contribution in [3.05, 3.63) is 59.7 Å². The van der Waals surface area contributed by atoms with Gasteiger partial charge in [0.25, 0.3) is 0 Å². The zero-order chi connectivity index (χ0) is 28.8. The molecule has 5 rings (SSSR count). The third kappa shape index (κ3) is 7.79. The molecule has 0 bridgehead atoms. The molecule has 5 nitrogen and oxygen atoms in total. The van der Waals surface area contributed by atoms with Crippen molar-refractivity contribution in [2.24, 2.45) is 11.8 Å². The van der Waals surface area contributed by atoms with Gasteiger partial charge in [0, 0.05) is 30.6 Å². The summed E-state index contributed by atoms with van der Waals surface area (Å²) in [5.41, 5.74) is 0.254. The highest BCUT2D eigenvalue weighted by Crippen LogP contribution is 2.42. The Balaban J connectivity index is 1.26. The minimum Gasteiger partial charge on any atom is -0.493 e. The van der Waals surface area contributed by atoms with E-state index in [1.807, 2.05) is 24.3 Å². The molecule has 0 amide bonds. The number of rotatable bonds is 9. The van der Waals surface area contributed by atoms with Crippen molar-refractivity contribution in [3.63, 3.8) is 0 Å². The lowest BCUT2D eigenvalue weighted by Crippen LogP contribution is -2.55. The summed E-state index contributed by atoms with van der Waals surface area (Å²) in [6.07, 6.45) is 6.38. The lowest BCUT2D eigenvalue weighted by molar-refractivity contribution is -0.147. The number of hydrogen-bond donors (Lipinski definition) is 0. The SMILES string of the molecule is COC(=O)C1CN(C(c2ccc(C(F)(F)F)cc2)C2CCCC2)CCN1Sc1ccc(OCC2CCCCC2)cc1. The summed E-state index contributed by atoms with van der Waals surface area (Å²) in [6, 6.07) is 13.2. The van der Waals surface area contributed by atoms with Gasteiger partial charge in [-0.25, -0.2) is 4.31 Å². The molecule has 1 aliphatic heterocycles. The Morgan fingerprint density at radius 2 is 1.59 bits per heavy atom. The topological polar surface area (TPSA) is 42.0 Å². The van der Waals surface area contributed by atoms with Crippen LogP contribution in [0.15, 0.2) is 53.4 Å². The van der Waals surface area contributed by atoms with E-state index in [0.29, 0.717) is 31.5 Å². The van der Waals surface area contributed by atoms with E-state index in [0.717, 1.165) is 48.5 Å². The number of alkyl halides is 3. The quantitative estimate of drug-likeness (QED) is 0.220. The van der Waals surface area contributed by atoms with E-state index in [-0.39, 0.29) is 12.0 Å². The number of hydrogen-bond acceptors (Lipinski definition) is 6. The number of carbonyl (C=O) groups is 1. The molecule has 1 saturated heterocycles. The van der Waals surface area contributed by atoms with Crippen molar-refractivity contribution >= 4 is 17.9 Å². The Morgan fingerprint density at radius 3 is 2.22 bits per heavy atom. The van der Waals surface area contributed by atoms with Crippen molar-refractivity contribution < 1.29 is 27.4 Å². The third-order valence-corrected chi connectivity index (χ3v) is 10.1. The average molecular weight is 591 g/mol. The minimum atomic E-state index is -4.36. The predicted molar refractivity (Wildman–Crippen MR) is 155 cm³/mol. The first-order valence-corrected chi connectivity index (χ1v) is 15.8. The monoisotopic (exact) mass is 590 g/mol. The minimum absolute atomic E-state index is 0.0281. The van der Waals surface area contributed by atoms with Crippen LogP contribution in [0.4, 0.5) is 13.2 Å². The van der Waals surface area contributed by atoms with Crippen LogP contribution in [-0.4, -0.2) is 54.6 Å². The van der Waals surface area contributed by atoms with Gasteiger partial charge in [-0.15, -0.1) is 0 Å². The van der Waals surface area contributed by atoms with Crippen LogP contribution in [0.25, 0.3) is 0 Å². The predicted octanol–water partition coefficient (Wildman–Crippen LogP) is 7.76. The van der Waals surface area contributed by atoms with Gasteiger partial charge in [-0.05, 0) is 91.4 Å². The van der Waals surface area contributed by atoms with E-state index in [1.54, 1.807) is 24.1 Å². The van der Waals surface area contributed by atoms with Crippen LogP contribution in [0.5, 0.6) is 5.75 Å². The Kier molecular flexibility index (Phi) is 10.2. The van der Waals surface area contributed by atoms with Gasteiger partial charge < -0.3 is 9.47 Å². The number of halogens is 3. The Morgan fingerprint density at radius 1 is 0.927 bits per heavy atom. The molecule has 9 heteroatoms. The molecule has 0 spiro atoms. The number of ether oxygens (including phenoxy) is 2. The van der Waals surface area contributed by atoms with E-state index in [2.05, 4.69) is 9.21 Å². The molecule has 0 N–H and O–H groups in total. The fourth-order valence-electron chi connectivity index (χ4n) is 6.70. The van der Waals surface area contributed by atoms with E-state index < -0.39 is 17.8 Å². The van der Waals surface area contributed by atoms with Crippen molar-refractivity contribution in [1.82, 2.24) is 9.21 Å². The Bertz CT molecular complexity index is 1120. The van der Waals surface area contributed by atoms with Gasteiger partial charge in [0.05, 0.1) is 19.3 Å². The maximum Gasteiger partial charge on any atom is 0.416 e. The molecule has 3 aliphatic rings. The third-order valence-electron chi connectivity index (χ3n) is 8.91. The summed E-state index contributed by atoms with van der Waals surface area (Å²) in [5.74, 6) is 1.56. The molecule has 2 aliphatic carbocycles. The molecule has 2 aromatic rings. The first-order valence-electron chi connectivity index (χ1n) is 15.0. The largest absolute Gasteiger partial charge is 0.493 e. The number of nitrogens with zero attached hydrogens (tertiary/aromatic N) is 2. The van der Waals surface area contributed by atoms with Crippen LogP contribution in [0, 0.1) is 11.8 Å². The fourth-order valence-corrected chi connectivity index (χ4v) is 7.68. The maximum absolute atomic E-state index is 13.2. The van der Waals surface area contributed by atoms with Gasteiger partial charge in [0.2, 0.25) is 0 Å². The average Bonchev–Trinajstić information content (AvgIpc) is 3.52. The van der Waals surface area contributed by atoms with Gasteiger partial charge in [-0.1, -0.05) is 44.2 Å². The standard InChI is InChI=1S/C32H41F3N2O3S/c1-39-31(38)29-21-36(30(24-9-5-6-10-24)25-11-13-26(14-12-25)32(33,34)35)19-20-37(29)41-28-17-15-27(16-18-28)40-22-23-7-3-2-4-8-23/h11-18,23-24,29-30H,2-10,19-22H2,1H3. The van der Waals surface area contributed by atoms with Crippen LogP contribution in [0.1, 0.15) is 75.0 Å². The van der Waals surface area contributed by atoms with Gasteiger partial charge in [0.15, 0.2) is 0 Å². The molecular formula is C32H41F3N2O3S. The molecule has 0 aromatic heterocycles. The summed E-state index contributed by atoms with van der Waals surface area (Å²) in [4.78, 5) is 16.3. The van der Waals surface area contributed by atoms with Crippen LogP contribution in [-0.2, 0) is 15.7 Å². The van der Waals surface area contributed by atoms with Crippen molar-refractivity contribution in [2.75, 3.05) is 33.4 Å². The highest BCUT2D eigenvalue weighted by Gasteiger charge is 2.40.